The lowest BCUT2D eigenvalue weighted by atomic mass is 9.75. The minimum Gasteiger partial charge on any atom is -0.507 e. The van der Waals surface area contributed by atoms with Gasteiger partial charge in [-0.3, -0.25) is 0 Å². The van der Waals surface area contributed by atoms with Crippen LogP contribution >= 0.6 is 0 Å². The van der Waals surface area contributed by atoms with Crippen molar-refractivity contribution < 1.29 is 28.1 Å². The monoisotopic (exact) mass is 479 g/mol. The summed E-state index contributed by atoms with van der Waals surface area (Å²) >= 11 is 0. The summed E-state index contributed by atoms with van der Waals surface area (Å²) in [6.45, 7) is 2.73. The molecule has 0 radical (unpaired) electrons. The number of nitrogens with zero attached hydrogens (tertiary/aromatic N) is 2. The van der Waals surface area contributed by atoms with E-state index in [-0.39, 0.29) is 30.4 Å². The summed E-state index contributed by atoms with van der Waals surface area (Å²) in [4.78, 5) is 0. The van der Waals surface area contributed by atoms with Gasteiger partial charge in [-0.25, -0.2) is 0 Å². The molecule has 1 aromatic heterocycles. The first kappa shape index (κ1) is 24.7. The normalized spacial score (nSPS) is 23.3. The Morgan fingerprint density at radius 2 is 1.94 bits per heavy atom. The Morgan fingerprint density at radius 3 is 2.68 bits per heavy atom. The van der Waals surface area contributed by atoms with E-state index in [4.69, 9.17) is 4.74 Å². The summed E-state index contributed by atoms with van der Waals surface area (Å²) in [6.07, 6.45) is 1.71. The molecule has 0 spiro atoms. The number of halogens is 3. The van der Waals surface area contributed by atoms with Crippen molar-refractivity contribution in [1.29, 1.82) is 0 Å². The molecule has 0 saturated heterocycles. The van der Waals surface area contributed by atoms with Gasteiger partial charge in [0.25, 0.3) is 0 Å². The van der Waals surface area contributed by atoms with E-state index in [2.05, 4.69) is 22.4 Å². The number of anilines is 1. The molecule has 1 aromatic carbocycles. The smallest absolute Gasteiger partial charge is 0.416 e. The van der Waals surface area contributed by atoms with Crippen molar-refractivity contribution in [2.24, 2.45) is 11.8 Å². The van der Waals surface area contributed by atoms with Crippen LogP contribution in [0.5, 0.6) is 5.75 Å². The minimum absolute atomic E-state index is 0.0408. The maximum atomic E-state index is 13.3. The van der Waals surface area contributed by atoms with Crippen molar-refractivity contribution in [3.8, 4) is 17.0 Å². The molecule has 1 fully saturated rings. The van der Waals surface area contributed by atoms with E-state index in [1.165, 1.54) is 0 Å². The fourth-order valence-electron chi connectivity index (χ4n) is 5.32. The fraction of sp³-hybridized carbons (Fsp3) is 0.600. The molecule has 1 saturated carbocycles. The van der Waals surface area contributed by atoms with E-state index < -0.39 is 17.5 Å². The number of hydrogen-bond donors (Lipinski definition) is 3. The Bertz CT molecular complexity index is 999. The van der Waals surface area contributed by atoms with Crippen LogP contribution in [0.1, 0.15) is 62.1 Å². The Hall–Kier alpha value is -2.39. The minimum atomic E-state index is -4.57. The number of aryl methyl sites for hydroxylation is 1. The second-order valence-corrected chi connectivity index (χ2v) is 9.43. The molecule has 2 heterocycles. The maximum absolute atomic E-state index is 13.3. The van der Waals surface area contributed by atoms with Gasteiger partial charge in [-0.05, 0) is 73.3 Å². The molecule has 6 nitrogen and oxygen atoms in total. The number of aromatic hydroxyl groups is 1. The number of benzene rings is 1. The molecule has 0 amide bonds. The number of hydrogen-bond acceptors (Lipinski definition) is 6. The zero-order chi connectivity index (χ0) is 24.3. The second kappa shape index (κ2) is 10.5. The highest BCUT2D eigenvalue weighted by Crippen LogP contribution is 2.41. The molecule has 3 N–H and O–H groups in total. The van der Waals surface area contributed by atoms with Gasteiger partial charge >= 0.3 is 6.18 Å². The summed E-state index contributed by atoms with van der Waals surface area (Å²) in [5.41, 5.74) is 0.781. The molecule has 2 aromatic rings. The number of fused-ring (bicyclic) bond motifs is 3. The molecular formula is C25H32F3N3O3. The number of phenols is 1. The Morgan fingerprint density at radius 1 is 1.12 bits per heavy atom. The summed E-state index contributed by atoms with van der Waals surface area (Å²) in [7, 11) is 0. The van der Waals surface area contributed by atoms with Crippen molar-refractivity contribution in [1.82, 2.24) is 10.2 Å². The molecule has 186 valence electrons. The number of ether oxygens (including phenoxy) is 1. The first-order chi connectivity index (χ1) is 16.3. The van der Waals surface area contributed by atoms with E-state index in [1.807, 2.05) is 6.07 Å². The van der Waals surface area contributed by atoms with Gasteiger partial charge in [-0.2, -0.15) is 13.2 Å². The standard InChI is InChI=1S/C25H32F3N3O3/c1-2-4-15-10-20(7-6-17(15)13-32)29-22-11-16-5-3-8-34-14-18-9-19(25(26,27)28)12-21(33)23(18)24(16)31-30-22/h9,11-12,15,17,20,32-33H,2-8,10,13-14H2,1H3,(H,29,30)/t15?,17-,20+/m0/s1. The van der Waals surface area contributed by atoms with Gasteiger partial charge in [0.2, 0.25) is 0 Å². The number of nitrogens with one attached hydrogen (secondary N) is 1. The predicted octanol–water partition coefficient (Wildman–Crippen LogP) is 5.32. The van der Waals surface area contributed by atoms with E-state index in [1.54, 1.807) is 0 Å². The number of phenolic OH excluding ortho intramolecular Hbond substituents is 1. The Labute approximate surface area is 197 Å². The molecule has 2 aliphatic rings. The number of aliphatic hydroxyl groups is 1. The lowest BCUT2D eigenvalue weighted by Crippen LogP contribution is -2.34. The van der Waals surface area contributed by atoms with Gasteiger partial charge in [-0.15, -0.1) is 10.2 Å². The van der Waals surface area contributed by atoms with Crippen LogP contribution in [0.15, 0.2) is 18.2 Å². The first-order valence-corrected chi connectivity index (χ1v) is 12.0. The highest BCUT2D eigenvalue weighted by molar-refractivity contribution is 5.74. The molecule has 4 rings (SSSR count). The van der Waals surface area contributed by atoms with Crippen LogP contribution in [0.2, 0.25) is 0 Å². The van der Waals surface area contributed by atoms with Crippen LogP contribution in [0, 0.1) is 11.8 Å². The maximum Gasteiger partial charge on any atom is 0.416 e. The molecule has 3 atom stereocenters. The fourth-order valence-corrected chi connectivity index (χ4v) is 5.32. The van der Waals surface area contributed by atoms with Gasteiger partial charge in [0, 0.05) is 24.8 Å². The predicted molar refractivity (Wildman–Crippen MR) is 122 cm³/mol. The third-order valence-corrected chi connectivity index (χ3v) is 7.01. The summed E-state index contributed by atoms with van der Waals surface area (Å²) < 4.78 is 45.5. The van der Waals surface area contributed by atoms with Crippen LogP contribution in [-0.4, -0.2) is 39.7 Å². The number of alkyl halides is 3. The van der Waals surface area contributed by atoms with E-state index in [0.29, 0.717) is 42.8 Å². The molecule has 0 bridgehead atoms. The topological polar surface area (TPSA) is 87.5 Å². The van der Waals surface area contributed by atoms with Crippen LogP contribution < -0.4 is 5.32 Å². The first-order valence-electron chi connectivity index (χ1n) is 12.0. The summed E-state index contributed by atoms with van der Waals surface area (Å²) in [5, 5.41) is 32.4. The van der Waals surface area contributed by atoms with E-state index in [0.717, 1.165) is 49.8 Å². The van der Waals surface area contributed by atoms with Crippen molar-refractivity contribution in [3.05, 3.63) is 34.9 Å². The van der Waals surface area contributed by atoms with Crippen LogP contribution in [-0.2, 0) is 23.9 Å². The highest BCUT2D eigenvalue weighted by atomic mass is 19.4. The Balaban J connectivity index is 1.63. The molecule has 1 unspecified atom stereocenters. The molecule has 1 aliphatic heterocycles. The number of aliphatic hydroxyl groups excluding tert-OH is 1. The molecular weight excluding hydrogens is 447 g/mol. The van der Waals surface area contributed by atoms with Crippen molar-refractivity contribution in [3.63, 3.8) is 0 Å². The third-order valence-electron chi connectivity index (χ3n) is 7.01. The van der Waals surface area contributed by atoms with Gasteiger partial charge in [-0.1, -0.05) is 19.8 Å². The highest BCUT2D eigenvalue weighted by Gasteiger charge is 2.34. The van der Waals surface area contributed by atoms with Crippen molar-refractivity contribution in [2.45, 2.75) is 70.7 Å². The molecule has 1 aliphatic carbocycles. The average Bonchev–Trinajstić information content (AvgIpc) is 2.87. The summed E-state index contributed by atoms with van der Waals surface area (Å²) in [6, 6.07) is 3.87. The van der Waals surface area contributed by atoms with Crippen LogP contribution in [0.3, 0.4) is 0 Å². The molecule has 34 heavy (non-hydrogen) atoms. The SMILES string of the molecule is CCCC1C[C@H](Nc2cc3c(nn2)-c2c(O)cc(C(F)(F)F)cc2COCCC3)CC[C@H]1CO. The molecule has 9 heteroatoms. The van der Waals surface area contributed by atoms with Crippen molar-refractivity contribution >= 4 is 5.82 Å². The van der Waals surface area contributed by atoms with E-state index in [9.17, 15) is 23.4 Å². The van der Waals surface area contributed by atoms with E-state index >= 15 is 0 Å². The van der Waals surface area contributed by atoms with Crippen molar-refractivity contribution in [2.75, 3.05) is 18.5 Å². The third kappa shape index (κ3) is 5.46. The number of aromatic nitrogens is 2. The van der Waals surface area contributed by atoms with Gasteiger partial charge in [0.15, 0.2) is 0 Å². The number of rotatable bonds is 5. The lowest BCUT2D eigenvalue weighted by molar-refractivity contribution is -0.137. The average molecular weight is 480 g/mol. The zero-order valence-electron chi connectivity index (χ0n) is 19.4. The second-order valence-electron chi connectivity index (χ2n) is 9.43. The van der Waals surface area contributed by atoms with Gasteiger partial charge in [0.1, 0.15) is 17.3 Å². The summed E-state index contributed by atoms with van der Waals surface area (Å²) in [5.74, 6) is 0.946. The van der Waals surface area contributed by atoms with Gasteiger partial charge in [0.05, 0.1) is 12.2 Å². The largest absolute Gasteiger partial charge is 0.507 e. The van der Waals surface area contributed by atoms with Crippen LogP contribution in [0.4, 0.5) is 19.0 Å². The lowest BCUT2D eigenvalue weighted by Gasteiger charge is -2.35. The van der Waals surface area contributed by atoms with Gasteiger partial charge < -0.3 is 20.3 Å². The Kier molecular flexibility index (Phi) is 7.62. The quantitative estimate of drug-likeness (QED) is 0.538. The van der Waals surface area contributed by atoms with Crippen LogP contribution in [0.25, 0.3) is 11.3 Å². The zero-order valence-corrected chi connectivity index (χ0v) is 19.4.